The van der Waals surface area contributed by atoms with Gasteiger partial charge in [0.05, 0.1) is 12.3 Å². The lowest BCUT2D eigenvalue weighted by molar-refractivity contribution is -0.120. The number of amides is 1. The molecule has 0 rings (SSSR count). The maximum atomic E-state index is 12.0. The van der Waals surface area contributed by atoms with Gasteiger partial charge in [-0.25, -0.2) is 8.42 Å². The van der Waals surface area contributed by atoms with E-state index in [0.29, 0.717) is 32.4 Å². The van der Waals surface area contributed by atoms with Gasteiger partial charge in [-0.2, -0.15) is 4.31 Å². The minimum absolute atomic E-state index is 0.0567. The summed E-state index contributed by atoms with van der Waals surface area (Å²) in [4.78, 5) is 11.2. The number of carbonyl (C=O) groups is 1. The molecule has 7 heteroatoms. The fraction of sp³-hybridized carbons (Fsp3) is 0.900. The van der Waals surface area contributed by atoms with Crippen LogP contribution in [-0.2, 0) is 14.8 Å². The predicted molar refractivity (Wildman–Crippen MR) is 68.0 cm³/mol. The first-order chi connectivity index (χ1) is 7.97. The molecule has 0 aromatic carbocycles. The van der Waals surface area contributed by atoms with Crippen LogP contribution in [-0.4, -0.2) is 51.1 Å². The number of sulfonamides is 1. The van der Waals surface area contributed by atoms with Gasteiger partial charge in [-0.3, -0.25) is 4.79 Å². The van der Waals surface area contributed by atoms with E-state index in [1.165, 1.54) is 11.4 Å². The summed E-state index contributed by atoms with van der Waals surface area (Å²) in [5.41, 5.74) is 5.32. The van der Waals surface area contributed by atoms with E-state index in [-0.39, 0.29) is 18.2 Å². The smallest absolute Gasteiger partial charge is 0.235 e. The fourth-order valence-electron chi connectivity index (χ4n) is 1.36. The summed E-state index contributed by atoms with van der Waals surface area (Å²) in [5, 5.41) is 2.43. The van der Waals surface area contributed by atoms with Crippen molar-refractivity contribution in [2.75, 3.05) is 32.4 Å². The highest BCUT2D eigenvalue weighted by Gasteiger charge is 2.22. The molecule has 0 aliphatic heterocycles. The van der Waals surface area contributed by atoms with Crippen LogP contribution in [0.25, 0.3) is 0 Å². The summed E-state index contributed by atoms with van der Waals surface area (Å²) in [7, 11) is -1.85. The maximum Gasteiger partial charge on any atom is 0.235 e. The standard InChI is InChI=1S/C10H23N3O3S/c1-3-7-13(9-10(14)12-2)17(15,16)8-5-4-6-11/h3-9,11H2,1-2H3,(H,12,14). The zero-order valence-electron chi connectivity index (χ0n) is 10.6. The Morgan fingerprint density at radius 2 is 2.00 bits per heavy atom. The molecule has 0 saturated carbocycles. The fourth-order valence-corrected chi connectivity index (χ4v) is 2.96. The van der Waals surface area contributed by atoms with E-state index >= 15 is 0 Å². The first-order valence-electron chi connectivity index (χ1n) is 5.86. The Morgan fingerprint density at radius 3 is 2.47 bits per heavy atom. The lowest BCUT2D eigenvalue weighted by Crippen LogP contribution is -2.41. The summed E-state index contributed by atoms with van der Waals surface area (Å²) in [6.07, 6.45) is 1.90. The van der Waals surface area contributed by atoms with Crippen LogP contribution in [0, 0.1) is 0 Å². The molecule has 1 amide bonds. The Balaban J connectivity index is 4.49. The van der Waals surface area contributed by atoms with Crippen molar-refractivity contribution in [1.82, 2.24) is 9.62 Å². The molecule has 3 N–H and O–H groups in total. The quantitative estimate of drug-likeness (QED) is 0.550. The zero-order chi connectivity index (χ0) is 13.3. The van der Waals surface area contributed by atoms with Crippen LogP contribution in [0.5, 0.6) is 0 Å². The van der Waals surface area contributed by atoms with Crippen molar-refractivity contribution in [2.24, 2.45) is 5.73 Å². The molecule has 0 bridgehead atoms. The second kappa shape index (κ2) is 8.43. The van der Waals surface area contributed by atoms with Crippen molar-refractivity contribution in [3.8, 4) is 0 Å². The zero-order valence-corrected chi connectivity index (χ0v) is 11.4. The van der Waals surface area contributed by atoms with Gasteiger partial charge in [0.2, 0.25) is 15.9 Å². The highest BCUT2D eigenvalue weighted by Crippen LogP contribution is 2.05. The molecule has 0 aliphatic rings. The van der Waals surface area contributed by atoms with Crippen molar-refractivity contribution in [3.63, 3.8) is 0 Å². The number of nitrogens with zero attached hydrogens (tertiary/aromatic N) is 1. The Bertz CT molecular complexity index is 317. The van der Waals surface area contributed by atoms with Crippen molar-refractivity contribution >= 4 is 15.9 Å². The molecule has 0 aromatic rings. The van der Waals surface area contributed by atoms with Crippen LogP contribution in [0.3, 0.4) is 0 Å². The Morgan fingerprint density at radius 1 is 1.35 bits per heavy atom. The summed E-state index contributed by atoms with van der Waals surface area (Å²) in [5.74, 6) is -0.234. The van der Waals surface area contributed by atoms with Crippen LogP contribution in [0.15, 0.2) is 0 Å². The van der Waals surface area contributed by atoms with Gasteiger partial charge in [-0.15, -0.1) is 0 Å². The number of unbranched alkanes of at least 4 members (excludes halogenated alkanes) is 1. The monoisotopic (exact) mass is 265 g/mol. The number of carbonyl (C=O) groups excluding carboxylic acids is 1. The van der Waals surface area contributed by atoms with E-state index in [0.717, 1.165) is 0 Å². The van der Waals surface area contributed by atoms with Crippen molar-refractivity contribution in [1.29, 1.82) is 0 Å². The molecule has 0 unspecified atom stereocenters. The van der Waals surface area contributed by atoms with E-state index in [2.05, 4.69) is 5.32 Å². The highest BCUT2D eigenvalue weighted by molar-refractivity contribution is 7.89. The van der Waals surface area contributed by atoms with E-state index in [9.17, 15) is 13.2 Å². The SMILES string of the molecule is CCCN(CC(=O)NC)S(=O)(=O)CCCCN. The van der Waals surface area contributed by atoms with Gasteiger partial charge in [-0.05, 0) is 25.8 Å². The topological polar surface area (TPSA) is 92.5 Å². The highest BCUT2D eigenvalue weighted by atomic mass is 32.2. The summed E-state index contributed by atoms with van der Waals surface area (Å²) in [6, 6.07) is 0. The molecule has 0 radical (unpaired) electrons. The van der Waals surface area contributed by atoms with E-state index in [1.54, 1.807) is 0 Å². The first kappa shape index (κ1) is 16.3. The van der Waals surface area contributed by atoms with Gasteiger partial charge in [-0.1, -0.05) is 6.92 Å². The van der Waals surface area contributed by atoms with Crippen LogP contribution < -0.4 is 11.1 Å². The van der Waals surface area contributed by atoms with E-state index in [1.807, 2.05) is 6.92 Å². The third-order valence-corrected chi connectivity index (χ3v) is 4.22. The molecule has 6 nitrogen and oxygen atoms in total. The molecule has 0 spiro atoms. The van der Waals surface area contributed by atoms with Crippen molar-refractivity contribution in [3.05, 3.63) is 0 Å². The molecule has 0 atom stereocenters. The second-order valence-electron chi connectivity index (χ2n) is 3.82. The molecule has 0 fully saturated rings. The maximum absolute atomic E-state index is 12.0. The lowest BCUT2D eigenvalue weighted by atomic mass is 10.3. The normalized spacial score (nSPS) is 11.8. The van der Waals surface area contributed by atoms with Gasteiger partial charge in [0.15, 0.2) is 0 Å². The first-order valence-corrected chi connectivity index (χ1v) is 7.47. The third-order valence-electron chi connectivity index (χ3n) is 2.32. The molecule has 0 heterocycles. The Kier molecular flexibility index (Phi) is 8.11. The molecule has 0 aromatic heterocycles. The molecule has 0 aliphatic carbocycles. The number of hydrogen-bond donors (Lipinski definition) is 2. The summed E-state index contributed by atoms with van der Waals surface area (Å²) < 4.78 is 25.1. The third kappa shape index (κ3) is 6.60. The van der Waals surface area contributed by atoms with Gasteiger partial charge in [0.1, 0.15) is 0 Å². The van der Waals surface area contributed by atoms with Crippen LogP contribution in [0.2, 0.25) is 0 Å². The van der Waals surface area contributed by atoms with Gasteiger partial charge in [0, 0.05) is 13.6 Å². The summed E-state index contributed by atoms with van der Waals surface area (Å²) in [6.45, 7) is 2.64. The molecule has 17 heavy (non-hydrogen) atoms. The number of hydrogen-bond acceptors (Lipinski definition) is 4. The molecule has 0 saturated heterocycles. The largest absolute Gasteiger partial charge is 0.358 e. The average Bonchev–Trinajstić information content (AvgIpc) is 2.28. The van der Waals surface area contributed by atoms with Crippen LogP contribution in [0.1, 0.15) is 26.2 Å². The lowest BCUT2D eigenvalue weighted by Gasteiger charge is -2.20. The van der Waals surface area contributed by atoms with Crippen LogP contribution in [0.4, 0.5) is 0 Å². The minimum atomic E-state index is -3.34. The minimum Gasteiger partial charge on any atom is -0.358 e. The average molecular weight is 265 g/mol. The van der Waals surface area contributed by atoms with E-state index in [4.69, 9.17) is 5.73 Å². The van der Waals surface area contributed by atoms with Crippen molar-refractivity contribution in [2.45, 2.75) is 26.2 Å². The number of likely N-dealkylation sites (N-methyl/N-ethyl adjacent to an activating group) is 1. The number of nitrogens with one attached hydrogen (secondary N) is 1. The van der Waals surface area contributed by atoms with Gasteiger partial charge in [0.25, 0.3) is 0 Å². The van der Waals surface area contributed by atoms with Crippen molar-refractivity contribution < 1.29 is 13.2 Å². The Hall–Kier alpha value is -0.660. The predicted octanol–water partition coefficient (Wildman–Crippen LogP) is -0.487. The second-order valence-corrected chi connectivity index (χ2v) is 5.91. The van der Waals surface area contributed by atoms with Crippen LogP contribution >= 0.6 is 0 Å². The van der Waals surface area contributed by atoms with E-state index < -0.39 is 10.0 Å². The molecule has 102 valence electrons. The van der Waals surface area contributed by atoms with Gasteiger partial charge < -0.3 is 11.1 Å². The molecular formula is C10H23N3O3S. The van der Waals surface area contributed by atoms with Gasteiger partial charge >= 0.3 is 0 Å². The number of nitrogens with two attached hydrogens (primary N) is 1. The number of rotatable bonds is 9. The molecular weight excluding hydrogens is 242 g/mol. The summed E-state index contributed by atoms with van der Waals surface area (Å²) >= 11 is 0. The Labute approximate surface area is 104 Å².